The maximum absolute atomic E-state index is 5.48. The summed E-state index contributed by atoms with van der Waals surface area (Å²) in [6.45, 7) is 5.19. The maximum atomic E-state index is 5.48. The fourth-order valence-corrected chi connectivity index (χ4v) is 3.73. The number of anilines is 1. The van der Waals surface area contributed by atoms with Crippen molar-refractivity contribution in [3.8, 4) is 5.69 Å². The third kappa shape index (κ3) is 3.73. The van der Waals surface area contributed by atoms with Crippen LogP contribution in [0.3, 0.4) is 0 Å². The molecule has 1 aliphatic rings. The summed E-state index contributed by atoms with van der Waals surface area (Å²) in [4.78, 5) is 6.64. The quantitative estimate of drug-likeness (QED) is 0.646. The van der Waals surface area contributed by atoms with E-state index < -0.39 is 0 Å². The Labute approximate surface area is 157 Å². The molecule has 4 rings (SSSR count). The first-order valence-electron chi connectivity index (χ1n) is 8.69. The third-order valence-corrected chi connectivity index (χ3v) is 5.24. The number of aryl methyl sites for hydroxylation is 1. The van der Waals surface area contributed by atoms with E-state index in [1.807, 2.05) is 24.4 Å². The molecule has 2 aromatic heterocycles. The average Bonchev–Trinajstić information content (AvgIpc) is 3.12. The van der Waals surface area contributed by atoms with Gasteiger partial charge in [-0.3, -0.25) is 9.55 Å². The molecule has 1 saturated heterocycles. The van der Waals surface area contributed by atoms with Crippen molar-refractivity contribution in [1.82, 2.24) is 19.7 Å². The van der Waals surface area contributed by atoms with Crippen molar-refractivity contribution in [1.29, 1.82) is 0 Å². The van der Waals surface area contributed by atoms with Gasteiger partial charge in [-0.05, 0) is 31.2 Å². The molecule has 7 heteroatoms. The highest BCUT2D eigenvalue weighted by molar-refractivity contribution is 7.98. The number of thioether (sulfide) groups is 1. The van der Waals surface area contributed by atoms with E-state index in [9.17, 15) is 0 Å². The summed E-state index contributed by atoms with van der Waals surface area (Å²) in [5, 5.41) is 9.84. The van der Waals surface area contributed by atoms with E-state index in [2.05, 4.69) is 55.8 Å². The topological polar surface area (TPSA) is 56.1 Å². The smallest absolute Gasteiger partial charge is 0.232 e. The lowest BCUT2D eigenvalue weighted by Gasteiger charge is -2.28. The second-order valence-corrected chi connectivity index (χ2v) is 7.11. The van der Waals surface area contributed by atoms with E-state index in [1.165, 1.54) is 5.56 Å². The standard InChI is InChI=1S/C19H21N5OS/c1-15-5-7-17(8-6-15)24-18(23-10-12-25-13-11-23)21-22-19(24)26-14-16-4-2-3-9-20-16/h2-9H,10-14H2,1H3. The lowest BCUT2D eigenvalue weighted by Crippen LogP contribution is -2.37. The van der Waals surface area contributed by atoms with Gasteiger partial charge in [0.15, 0.2) is 5.16 Å². The van der Waals surface area contributed by atoms with Crippen LogP contribution in [0.2, 0.25) is 0 Å². The molecular formula is C19H21N5OS. The Kier molecular flexibility index (Phi) is 5.17. The fourth-order valence-electron chi connectivity index (χ4n) is 2.87. The molecular weight excluding hydrogens is 346 g/mol. The fraction of sp³-hybridized carbons (Fsp3) is 0.316. The molecule has 26 heavy (non-hydrogen) atoms. The van der Waals surface area contributed by atoms with Crippen LogP contribution in [0, 0.1) is 6.92 Å². The number of pyridine rings is 1. The summed E-state index contributed by atoms with van der Waals surface area (Å²) in [5.41, 5.74) is 3.34. The second kappa shape index (κ2) is 7.88. The second-order valence-electron chi connectivity index (χ2n) is 6.16. The zero-order valence-corrected chi connectivity index (χ0v) is 15.5. The van der Waals surface area contributed by atoms with Gasteiger partial charge in [0.25, 0.3) is 0 Å². The van der Waals surface area contributed by atoms with E-state index in [1.54, 1.807) is 11.8 Å². The van der Waals surface area contributed by atoms with Crippen molar-refractivity contribution in [2.45, 2.75) is 17.8 Å². The predicted octanol–water partition coefficient (Wildman–Crippen LogP) is 3.10. The van der Waals surface area contributed by atoms with Crippen molar-refractivity contribution in [3.05, 3.63) is 59.9 Å². The first kappa shape index (κ1) is 17.1. The van der Waals surface area contributed by atoms with Crippen LogP contribution in [-0.4, -0.2) is 46.1 Å². The van der Waals surface area contributed by atoms with Gasteiger partial charge < -0.3 is 9.64 Å². The monoisotopic (exact) mass is 367 g/mol. The van der Waals surface area contributed by atoms with Crippen LogP contribution in [0.15, 0.2) is 53.8 Å². The van der Waals surface area contributed by atoms with E-state index in [4.69, 9.17) is 4.74 Å². The van der Waals surface area contributed by atoms with Crippen molar-refractivity contribution < 1.29 is 4.74 Å². The summed E-state index contributed by atoms with van der Waals surface area (Å²) in [6.07, 6.45) is 1.82. The Morgan fingerprint density at radius 2 is 1.85 bits per heavy atom. The normalized spacial score (nSPS) is 14.6. The van der Waals surface area contributed by atoms with Crippen LogP contribution in [0.1, 0.15) is 11.3 Å². The minimum atomic E-state index is 0.719. The van der Waals surface area contributed by atoms with Crippen LogP contribution in [-0.2, 0) is 10.5 Å². The molecule has 0 spiro atoms. The highest BCUT2D eigenvalue weighted by atomic mass is 32.2. The highest BCUT2D eigenvalue weighted by Gasteiger charge is 2.21. The van der Waals surface area contributed by atoms with Gasteiger partial charge in [0, 0.05) is 25.0 Å². The lowest BCUT2D eigenvalue weighted by atomic mass is 10.2. The van der Waals surface area contributed by atoms with Crippen molar-refractivity contribution in [3.63, 3.8) is 0 Å². The van der Waals surface area contributed by atoms with Crippen LogP contribution >= 0.6 is 11.8 Å². The van der Waals surface area contributed by atoms with E-state index in [0.717, 1.165) is 54.5 Å². The molecule has 3 aromatic rings. The average molecular weight is 367 g/mol. The maximum Gasteiger partial charge on any atom is 0.232 e. The number of rotatable bonds is 5. The van der Waals surface area contributed by atoms with Crippen molar-refractivity contribution in [2.24, 2.45) is 0 Å². The Morgan fingerprint density at radius 3 is 2.58 bits per heavy atom. The van der Waals surface area contributed by atoms with Crippen LogP contribution < -0.4 is 4.90 Å². The van der Waals surface area contributed by atoms with Crippen molar-refractivity contribution in [2.75, 3.05) is 31.2 Å². The zero-order chi connectivity index (χ0) is 17.8. The predicted molar refractivity (Wildman–Crippen MR) is 103 cm³/mol. The van der Waals surface area contributed by atoms with E-state index >= 15 is 0 Å². The molecule has 0 radical (unpaired) electrons. The van der Waals surface area contributed by atoms with Gasteiger partial charge in [-0.15, -0.1) is 10.2 Å². The Balaban J connectivity index is 1.66. The minimum absolute atomic E-state index is 0.719. The first-order chi connectivity index (χ1) is 12.8. The van der Waals surface area contributed by atoms with Crippen LogP contribution in [0.5, 0.6) is 0 Å². The van der Waals surface area contributed by atoms with Gasteiger partial charge in [-0.2, -0.15) is 0 Å². The molecule has 0 amide bonds. The molecule has 0 atom stereocenters. The molecule has 6 nitrogen and oxygen atoms in total. The number of aromatic nitrogens is 4. The van der Waals surface area contributed by atoms with Gasteiger partial charge in [-0.1, -0.05) is 35.5 Å². The molecule has 0 bridgehead atoms. The number of hydrogen-bond acceptors (Lipinski definition) is 6. The lowest BCUT2D eigenvalue weighted by molar-refractivity contribution is 0.122. The summed E-state index contributed by atoms with van der Waals surface area (Å²) >= 11 is 1.65. The highest BCUT2D eigenvalue weighted by Crippen LogP contribution is 2.29. The van der Waals surface area contributed by atoms with Crippen LogP contribution in [0.25, 0.3) is 5.69 Å². The van der Waals surface area contributed by atoms with E-state index in [-0.39, 0.29) is 0 Å². The number of hydrogen-bond donors (Lipinski definition) is 0. The number of benzene rings is 1. The number of morpholine rings is 1. The summed E-state index contributed by atoms with van der Waals surface area (Å²) in [6, 6.07) is 14.4. The van der Waals surface area contributed by atoms with Crippen molar-refractivity contribution >= 4 is 17.7 Å². The third-order valence-electron chi connectivity index (χ3n) is 4.28. The summed E-state index contributed by atoms with van der Waals surface area (Å²) in [5.74, 6) is 1.63. The Morgan fingerprint density at radius 1 is 1.04 bits per heavy atom. The summed E-state index contributed by atoms with van der Waals surface area (Å²) < 4.78 is 7.62. The Bertz CT molecular complexity index is 844. The molecule has 1 aromatic carbocycles. The zero-order valence-electron chi connectivity index (χ0n) is 14.7. The molecule has 3 heterocycles. The number of ether oxygens (including phenoxy) is 1. The van der Waals surface area contributed by atoms with Gasteiger partial charge in [0.05, 0.1) is 24.6 Å². The van der Waals surface area contributed by atoms with Gasteiger partial charge in [-0.25, -0.2) is 0 Å². The minimum Gasteiger partial charge on any atom is -0.378 e. The molecule has 0 unspecified atom stereocenters. The molecule has 134 valence electrons. The van der Waals surface area contributed by atoms with Gasteiger partial charge in [0.2, 0.25) is 5.95 Å². The summed E-state index contributed by atoms with van der Waals surface area (Å²) in [7, 11) is 0. The SMILES string of the molecule is Cc1ccc(-n2c(SCc3ccccn3)nnc2N2CCOCC2)cc1. The molecule has 0 saturated carbocycles. The molecule has 1 aliphatic heterocycles. The Hall–Kier alpha value is -2.38. The number of nitrogens with zero attached hydrogens (tertiary/aromatic N) is 5. The van der Waals surface area contributed by atoms with Crippen LogP contribution in [0.4, 0.5) is 5.95 Å². The molecule has 0 N–H and O–H groups in total. The largest absolute Gasteiger partial charge is 0.378 e. The van der Waals surface area contributed by atoms with Gasteiger partial charge in [0.1, 0.15) is 0 Å². The van der Waals surface area contributed by atoms with E-state index in [0.29, 0.717) is 0 Å². The first-order valence-corrected chi connectivity index (χ1v) is 9.68. The molecule has 1 fully saturated rings. The van der Waals surface area contributed by atoms with Gasteiger partial charge >= 0.3 is 0 Å². The molecule has 0 aliphatic carbocycles.